The van der Waals surface area contributed by atoms with E-state index in [2.05, 4.69) is 21.2 Å². The van der Waals surface area contributed by atoms with Crippen LogP contribution < -0.4 is 10.1 Å². The van der Waals surface area contributed by atoms with Crippen LogP contribution in [0.4, 0.5) is 0 Å². The number of hydrogen-bond acceptors (Lipinski definition) is 3. The monoisotopic (exact) mass is 343 g/mol. The highest BCUT2D eigenvalue weighted by Gasteiger charge is 2.17. The first kappa shape index (κ1) is 14.4. The summed E-state index contributed by atoms with van der Waals surface area (Å²) in [6.07, 6.45) is 1.66. The van der Waals surface area contributed by atoms with E-state index < -0.39 is 0 Å². The summed E-state index contributed by atoms with van der Waals surface area (Å²) in [5.41, 5.74) is 0. The Labute approximate surface area is 126 Å². The van der Waals surface area contributed by atoms with Crippen molar-refractivity contribution in [2.75, 3.05) is 13.2 Å². The number of ether oxygens (including phenoxy) is 1. The summed E-state index contributed by atoms with van der Waals surface area (Å²) >= 11 is 9.39. The van der Waals surface area contributed by atoms with E-state index in [-0.39, 0.29) is 6.04 Å². The molecule has 0 bridgehead atoms. The lowest BCUT2D eigenvalue weighted by atomic mass is 10.2. The van der Waals surface area contributed by atoms with Crippen molar-refractivity contribution in [3.63, 3.8) is 0 Å². The molecule has 2 aromatic rings. The number of likely N-dealkylation sites (N-methyl/N-ethyl adjacent to an activating group) is 1. The number of hydrogen-bond donors (Lipinski definition) is 1. The van der Waals surface area contributed by atoms with Crippen LogP contribution in [0.3, 0.4) is 0 Å². The van der Waals surface area contributed by atoms with Crippen molar-refractivity contribution < 1.29 is 9.15 Å². The van der Waals surface area contributed by atoms with Crippen LogP contribution in [0.1, 0.15) is 18.7 Å². The number of benzene rings is 1. The van der Waals surface area contributed by atoms with Crippen molar-refractivity contribution in [1.29, 1.82) is 0 Å². The Balaban J connectivity index is 2.04. The Morgan fingerprint density at radius 2 is 2.26 bits per heavy atom. The zero-order valence-corrected chi connectivity index (χ0v) is 12.9. The molecule has 1 heterocycles. The molecular weight excluding hydrogens is 330 g/mol. The fourth-order valence-corrected chi connectivity index (χ4v) is 2.42. The number of halogens is 2. The van der Waals surface area contributed by atoms with Crippen molar-refractivity contribution in [3.05, 3.63) is 51.9 Å². The van der Waals surface area contributed by atoms with Gasteiger partial charge in [-0.25, -0.2) is 0 Å². The van der Waals surface area contributed by atoms with Crippen LogP contribution in [-0.4, -0.2) is 13.2 Å². The molecule has 0 saturated carbocycles. The van der Waals surface area contributed by atoms with Crippen LogP contribution >= 0.6 is 27.5 Å². The van der Waals surface area contributed by atoms with Crippen molar-refractivity contribution in [2.45, 2.75) is 13.0 Å². The van der Waals surface area contributed by atoms with Gasteiger partial charge in [0.15, 0.2) is 0 Å². The lowest BCUT2D eigenvalue weighted by molar-refractivity contribution is 0.247. The highest BCUT2D eigenvalue weighted by molar-refractivity contribution is 9.10. The summed E-state index contributed by atoms with van der Waals surface area (Å²) in [4.78, 5) is 0. The molecule has 0 aliphatic carbocycles. The van der Waals surface area contributed by atoms with Crippen molar-refractivity contribution in [1.82, 2.24) is 5.32 Å². The standard InChI is InChI=1S/C14H15BrClNO2/c1-2-17-13(14-12(15)6-7-18-14)9-19-11-5-3-4-10(16)8-11/h3-8,13,17H,2,9H2,1H3. The Hall–Kier alpha value is -0.970. The number of nitrogens with one attached hydrogen (secondary N) is 1. The molecule has 1 atom stereocenters. The minimum atomic E-state index is -0.00615. The molecule has 102 valence electrons. The molecule has 2 rings (SSSR count). The topological polar surface area (TPSA) is 34.4 Å². The molecule has 0 spiro atoms. The molecule has 3 nitrogen and oxygen atoms in total. The summed E-state index contributed by atoms with van der Waals surface area (Å²) in [6.45, 7) is 3.35. The smallest absolute Gasteiger partial charge is 0.138 e. The minimum Gasteiger partial charge on any atom is -0.491 e. The predicted octanol–water partition coefficient (Wildman–Crippen LogP) is 4.43. The number of rotatable bonds is 6. The quantitative estimate of drug-likeness (QED) is 0.842. The van der Waals surface area contributed by atoms with E-state index in [0.717, 1.165) is 22.5 Å². The van der Waals surface area contributed by atoms with E-state index in [1.807, 2.05) is 31.2 Å². The van der Waals surface area contributed by atoms with Gasteiger partial charge in [0.1, 0.15) is 24.2 Å². The summed E-state index contributed by atoms with van der Waals surface area (Å²) in [7, 11) is 0. The summed E-state index contributed by atoms with van der Waals surface area (Å²) < 4.78 is 12.2. The molecule has 0 aliphatic heterocycles. The van der Waals surface area contributed by atoms with Crippen molar-refractivity contribution in [2.24, 2.45) is 0 Å². The second-order valence-corrected chi connectivity index (χ2v) is 5.30. The minimum absolute atomic E-state index is 0.00615. The highest BCUT2D eigenvalue weighted by Crippen LogP contribution is 2.26. The van der Waals surface area contributed by atoms with E-state index in [1.54, 1.807) is 12.3 Å². The lowest BCUT2D eigenvalue weighted by Crippen LogP contribution is -2.26. The van der Waals surface area contributed by atoms with Crippen LogP contribution in [0.15, 0.2) is 45.5 Å². The Kier molecular flexibility index (Phi) is 5.31. The van der Waals surface area contributed by atoms with Gasteiger partial charge in [-0.2, -0.15) is 0 Å². The van der Waals surface area contributed by atoms with E-state index in [1.165, 1.54) is 0 Å². The average Bonchev–Trinajstić information content (AvgIpc) is 2.81. The molecule has 0 aliphatic rings. The third-order valence-corrected chi connectivity index (χ3v) is 3.51. The van der Waals surface area contributed by atoms with Crippen LogP contribution in [0, 0.1) is 0 Å². The average molecular weight is 345 g/mol. The molecule has 5 heteroatoms. The third-order valence-electron chi connectivity index (χ3n) is 2.62. The summed E-state index contributed by atoms with van der Waals surface area (Å²) in [6, 6.07) is 9.22. The van der Waals surface area contributed by atoms with Crippen LogP contribution in [-0.2, 0) is 0 Å². The first-order valence-corrected chi connectivity index (χ1v) is 7.22. The van der Waals surface area contributed by atoms with Gasteiger partial charge >= 0.3 is 0 Å². The maximum absolute atomic E-state index is 5.92. The van der Waals surface area contributed by atoms with E-state index >= 15 is 0 Å². The molecule has 0 saturated heterocycles. The normalized spacial score (nSPS) is 12.4. The van der Waals surface area contributed by atoms with Crippen LogP contribution in [0.25, 0.3) is 0 Å². The van der Waals surface area contributed by atoms with Gasteiger partial charge in [0.25, 0.3) is 0 Å². The van der Waals surface area contributed by atoms with Crippen molar-refractivity contribution >= 4 is 27.5 Å². The maximum atomic E-state index is 5.92. The molecule has 19 heavy (non-hydrogen) atoms. The van der Waals surface area contributed by atoms with Gasteiger partial charge in [0.05, 0.1) is 10.7 Å². The van der Waals surface area contributed by atoms with E-state index in [4.69, 9.17) is 20.8 Å². The Morgan fingerprint density at radius 1 is 1.42 bits per heavy atom. The molecule has 1 N–H and O–H groups in total. The molecule has 0 radical (unpaired) electrons. The zero-order valence-electron chi connectivity index (χ0n) is 10.5. The number of furan rings is 1. The third kappa shape index (κ3) is 4.00. The molecule has 0 amide bonds. The fourth-order valence-electron chi connectivity index (χ4n) is 1.76. The largest absolute Gasteiger partial charge is 0.491 e. The van der Waals surface area contributed by atoms with Gasteiger partial charge < -0.3 is 14.5 Å². The predicted molar refractivity (Wildman–Crippen MR) is 79.8 cm³/mol. The highest BCUT2D eigenvalue weighted by atomic mass is 79.9. The SMILES string of the molecule is CCNC(COc1cccc(Cl)c1)c1occc1Br. The Bertz CT molecular complexity index is 530. The van der Waals surface area contributed by atoms with Gasteiger partial charge in [-0.15, -0.1) is 0 Å². The van der Waals surface area contributed by atoms with E-state index in [9.17, 15) is 0 Å². The fraction of sp³-hybridized carbons (Fsp3) is 0.286. The first-order valence-electron chi connectivity index (χ1n) is 6.05. The molecule has 1 unspecified atom stereocenters. The van der Waals surface area contributed by atoms with Gasteiger partial charge in [-0.3, -0.25) is 0 Å². The summed E-state index contributed by atoms with van der Waals surface area (Å²) in [5, 5.41) is 3.99. The van der Waals surface area contributed by atoms with E-state index in [0.29, 0.717) is 11.6 Å². The summed E-state index contributed by atoms with van der Waals surface area (Å²) in [5.74, 6) is 1.59. The van der Waals surface area contributed by atoms with Gasteiger partial charge in [0, 0.05) is 5.02 Å². The van der Waals surface area contributed by atoms with Crippen LogP contribution in [0.2, 0.25) is 5.02 Å². The van der Waals surface area contributed by atoms with Crippen molar-refractivity contribution in [3.8, 4) is 5.75 Å². The van der Waals surface area contributed by atoms with Gasteiger partial charge in [0.2, 0.25) is 0 Å². The zero-order chi connectivity index (χ0) is 13.7. The lowest BCUT2D eigenvalue weighted by Gasteiger charge is -2.17. The molecular formula is C14H15BrClNO2. The molecule has 1 aromatic carbocycles. The second kappa shape index (κ2) is 6.98. The Morgan fingerprint density at radius 3 is 2.89 bits per heavy atom. The van der Waals surface area contributed by atoms with Gasteiger partial charge in [-0.1, -0.05) is 24.6 Å². The maximum Gasteiger partial charge on any atom is 0.138 e. The van der Waals surface area contributed by atoms with Crippen LogP contribution in [0.5, 0.6) is 5.75 Å². The second-order valence-electron chi connectivity index (χ2n) is 4.01. The molecule has 0 fully saturated rings. The first-order chi connectivity index (χ1) is 9.20. The molecule has 1 aromatic heterocycles. The van der Waals surface area contributed by atoms with Gasteiger partial charge in [-0.05, 0) is 46.7 Å².